The molecule has 0 aliphatic heterocycles. The van der Waals surface area contributed by atoms with Crippen molar-refractivity contribution in [3.8, 4) is 0 Å². The van der Waals surface area contributed by atoms with Crippen LogP contribution in [0.4, 0.5) is 10.5 Å². The van der Waals surface area contributed by atoms with Crippen LogP contribution < -0.4 is 16.0 Å². The van der Waals surface area contributed by atoms with E-state index in [1.165, 1.54) is 0 Å². The van der Waals surface area contributed by atoms with Gasteiger partial charge in [0.15, 0.2) is 0 Å². The largest absolute Gasteiger partial charge is 0.352 e. The molecule has 1 atom stereocenters. The summed E-state index contributed by atoms with van der Waals surface area (Å²) >= 11 is 0. The number of urea groups is 1. The highest BCUT2D eigenvalue weighted by molar-refractivity contribution is 5.95. The van der Waals surface area contributed by atoms with Crippen molar-refractivity contribution >= 4 is 17.6 Å². The molecular weight excluding hydrogens is 282 g/mol. The van der Waals surface area contributed by atoms with Gasteiger partial charge in [-0.15, -0.1) is 0 Å². The first-order valence-electron chi connectivity index (χ1n) is 7.04. The van der Waals surface area contributed by atoms with E-state index in [0.717, 1.165) is 5.56 Å². The molecule has 0 bridgehead atoms. The number of benzene rings is 1. The predicted octanol–water partition coefficient (Wildman–Crippen LogP) is 2.04. The summed E-state index contributed by atoms with van der Waals surface area (Å²) in [5.74, 6) is -0.132. The third kappa shape index (κ3) is 4.08. The molecule has 0 fully saturated rings. The topological polar surface area (TPSA) is 98.9 Å². The molecular formula is C15H19N5O2. The highest BCUT2D eigenvalue weighted by atomic mass is 16.2. The van der Waals surface area contributed by atoms with Crippen molar-refractivity contribution in [3.05, 3.63) is 47.8 Å². The molecule has 2 rings (SSSR count). The first-order valence-corrected chi connectivity index (χ1v) is 7.04. The molecule has 1 heterocycles. The van der Waals surface area contributed by atoms with E-state index in [9.17, 15) is 9.59 Å². The van der Waals surface area contributed by atoms with Crippen molar-refractivity contribution in [3.63, 3.8) is 0 Å². The molecule has 1 aromatic carbocycles. The maximum atomic E-state index is 11.9. The second kappa shape index (κ2) is 7.26. The lowest BCUT2D eigenvalue weighted by atomic mass is 10.2. The molecule has 7 heteroatoms. The Labute approximate surface area is 128 Å². The van der Waals surface area contributed by atoms with E-state index in [0.29, 0.717) is 17.8 Å². The number of carbonyl (C=O) groups is 2. The Morgan fingerprint density at radius 3 is 2.59 bits per heavy atom. The molecule has 0 saturated carbocycles. The Morgan fingerprint density at radius 1 is 1.27 bits per heavy atom. The van der Waals surface area contributed by atoms with Crippen LogP contribution in [-0.4, -0.2) is 28.7 Å². The van der Waals surface area contributed by atoms with Gasteiger partial charge in [-0.25, -0.2) is 4.79 Å². The number of rotatable bonds is 5. The summed E-state index contributed by atoms with van der Waals surface area (Å²) in [6.45, 7) is 4.30. The standard InChI is InChI=1S/C15H19N5O2/c1-3-16-14(21)11-4-6-13(7-5-11)20-15(22)19-10(2)12-8-17-18-9-12/h4-10H,3H2,1-2H3,(H,16,21)(H,17,18)(H2,19,20,22)/t10-/m0/s1. The molecule has 116 valence electrons. The summed E-state index contributed by atoms with van der Waals surface area (Å²) in [5, 5.41) is 14.8. The lowest BCUT2D eigenvalue weighted by molar-refractivity contribution is 0.0956. The average Bonchev–Trinajstić information content (AvgIpc) is 3.02. The van der Waals surface area contributed by atoms with Crippen molar-refractivity contribution in [2.75, 3.05) is 11.9 Å². The van der Waals surface area contributed by atoms with E-state index < -0.39 is 0 Å². The number of anilines is 1. The summed E-state index contributed by atoms with van der Waals surface area (Å²) in [6.07, 6.45) is 3.39. The Morgan fingerprint density at radius 2 is 2.00 bits per heavy atom. The number of carbonyl (C=O) groups excluding carboxylic acids is 2. The molecule has 2 aromatic rings. The fourth-order valence-electron chi connectivity index (χ4n) is 1.91. The van der Waals surface area contributed by atoms with Gasteiger partial charge in [-0.3, -0.25) is 9.89 Å². The number of hydrogen-bond acceptors (Lipinski definition) is 3. The summed E-state index contributed by atoms with van der Waals surface area (Å²) < 4.78 is 0. The quantitative estimate of drug-likeness (QED) is 0.680. The minimum Gasteiger partial charge on any atom is -0.352 e. The second-order valence-corrected chi connectivity index (χ2v) is 4.79. The van der Waals surface area contributed by atoms with Crippen molar-refractivity contribution in [2.24, 2.45) is 0 Å². The van der Waals surface area contributed by atoms with E-state index in [1.54, 1.807) is 36.7 Å². The zero-order valence-electron chi connectivity index (χ0n) is 12.5. The molecule has 4 N–H and O–H groups in total. The van der Waals surface area contributed by atoms with Crippen LogP contribution >= 0.6 is 0 Å². The Hall–Kier alpha value is -2.83. The molecule has 0 aliphatic rings. The van der Waals surface area contributed by atoms with Gasteiger partial charge in [0.05, 0.1) is 12.2 Å². The third-order valence-electron chi connectivity index (χ3n) is 3.11. The maximum absolute atomic E-state index is 11.9. The van der Waals surface area contributed by atoms with Gasteiger partial charge in [0.25, 0.3) is 5.91 Å². The van der Waals surface area contributed by atoms with Gasteiger partial charge in [0.1, 0.15) is 0 Å². The van der Waals surface area contributed by atoms with Gasteiger partial charge in [0.2, 0.25) is 0 Å². The van der Waals surface area contributed by atoms with Gasteiger partial charge in [-0.1, -0.05) is 0 Å². The molecule has 3 amide bonds. The highest BCUT2D eigenvalue weighted by Gasteiger charge is 2.10. The fraction of sp³-hybridized carbons (Fsp3) is 0.267. The Bertz CT molecular complexity index is 622. The molecule has 0 radical (unpaired) electrons. The number of hydrogen-bond donors (Lipinski definition) is 4. The monoisotopic (exact) mass is 301 g/mol. The Balaban J connectivity index is 1.90. The molecule has 0 saturated heterocycles. The summed E-state index contributed by atoms with van der Waals surface area (Å²) in [6, 6.07) is 6.23. The van der Waals surface area contributed by atoms with Crippen LogP contribution in [0, 0.1) is 0 Å². The van der Waals surface area contributed by atoms with Crippen LogP contribution in [0.25, 0.3) is 0 Å². The van der Waals surface area contributed by atoms with Gasteiger partial charge in [-0.05, 0) is 38.1 Å². The van der Waals surface area contributed by atoms with Crippen molar-refractivity contribution in [2.45, 2.75) is 19.9 Å². The molecule has 0 aliphatic carbocycles. The minimum atomic E-state index is -0.320. The van der Waals surface area contributed by atoms with E-state index in [1.807, 2.05) is 13.8 Å². The zero-order chi connectivity index (χ0) is 15.9. The highest BCUT2D eigenvalue weighted by Crippen LogP contribution is 2.12. The van der Waals surface area contributed by atoms with Crippen LogP contribution in [-0.2, 0) is 0 Å². The first-order chi connectivity index (χ1) is 10.6. The second-order valence-electron chi connectivity index (χ2n) is 4.79. The van der Waals surface area contributed by atoms with Crippen LogP contribution in [0.15, 0.2) is 36.7 Å². The molecule has 0 spiro atoms. The number of nitrogens with zero attached hydrogens (tertiary/aromatic N) is 1. The maximum Gasteiger partial charge on any atom is 0.319 e. The van der Waals surface area contributed by atoms with Crippen LogP contribution in [0.5, 0.6) is 0 Å². The zero-order valence-corrected chi connectivity index (χ0v) is 12.5. The fourth-order valence-corrected chi connectivity index (χ4v) is 1.91. The summed E-state index contributed by atoms with van der Waals surface area (Å²) in [7, 11) is 0. The number of H-pyrrole nitrogens is 1. The van der Waals surface area contributed by atoms with E-state index in [2.05, 4.69) is 26.1 Å². The third-order valence-corrected chi connectivity index (χ3v) is 3.11. The number of amides is 3. The lowest BCUT2D eigenvalue weighted by Gasteiger charge is -2.13. The molecule has 22 heavy (non-hydrogen) atoms. The van der Waals surface area contributed by atoms with Gasteiger partial charge in [0, 0.05) is 29.6 Å². The number of aromatic amines is 1. The van der Waals surface area contributed by atoms with Gasteiger partial charge >= 0.3 is 6.03 Å². The van der Waals surface area contributed by atoms with Crippen LogP contribution in [0.3, 0.4) is 0 Å². The predicted molar refractivity (Wildman–Crippen MR) is 83.6 cm³/mol. The van der Waals surface area contributed by atoms with E-state index in [-0.39, 0.29) is 18.0 Å². The number of aromatic nitrogens is 2. The van der Waals surface area contributed by atoms with Gasteiger partial charge in [-0.2, -0.15) is 5.10 Å². The first kappa shape index (κ1) is 15.6. The van der Waals surface area contributed by atoms with Crippen molar-refractivity contribution in [1.82, 2.24) is 20.8 Å². The average molecular weight is 301 g/mol. The molecule has 1 aromatic heterocycles. The van der Waals surface area contributed by atoms with E-state index >= 15 is 0 Å². The van der Waals surface area contributed by atoms with Crippen molar-refractivity contribution < 1.29 is 9.59 Å². The summed E-state index contributed by atoms with van der Waals surface area (Å²) in [4.78, 5) is 23.5. The number of nitrogens with one attached hydrogen (secondary N) is 4. The summed E-state index contributed by atoms with van der Waals surface area (Å²) in [5.41, 5.74) is 2.06. The molecule has 0 unspecified atom stereocenters. The van der Waals surface area contributed by atoms with Gasteiger partial charge < -0.3 is 16.0 Å². The Kier molecular flexibility index (Phi) is 5.13. The molecule has 7 nitrogen and oxygen atoms in total. The lowest BCUT2D eigenvalue weighted by Crippen LogP contribution is -2.31. The van der Waals surface area contributed by atoms with Crippen molar-refractivity contribution in [1.29, 1.82) is 0 Å². The smallest absolute Gasteiger partial charge is 0.319 e. The SMILES string of the molecule is CCNC(=O)c1ccc(NC(=O)N[C@@H](C)c2cn[nH]c2)cc1. The van der Waals surface area contributed by atoms with Crippen LogP contribution in [0.2, 0.25) is 0 Å². The normalized spacial score (nSPS) is 11.5. The van der Waals surface area contributed by atoms with Crippen LogP contribution in [0.1, 0.15) is 35.8 Å². The van der Waals surface area contributed by atoms with E-state index in [4.69, 9.17) is 0 Å². The minimum absolute atomic E-state index is 0.132.